The van der Waals surface area contributed by atoms with Crippen molar-refractivity contribution < 1.29 is 9.53 Å². The summed E-state index contributed by atoms with van der Waals surface area (Å²) >= 11 is 8.37. The number of amides is 1. The third-order valence-electron chi connectivity index (χ3n) is 3.83. The first kappa shape index (κ1) is 18.4. The summed E-state index contributed by atoms with van der Waals surface area (Å²) in [5.41, 5.74) is 1.12. The number of anilines is 1. The lowest BCUT2D eigenvalue weighted by atomic mass is 10.2. The molecule has 0 spiro atoms. The number of hydrogen-bond acceptors (Lipinski definition) is 5. The number of rotatable bonds is 1. The normalized spacial score (nSPS) is 15.6. The van der Waals surface area contributed by atoms with Gasteiger partial charge in [-0.15, -0.1) is 0 Å². The zero-order valence-corrected chi connectivity index (χ0v) is 17.3. The number of nitrogens with zero attached hydrogens (tertiary/aromatic N) is 4. The van der Waals surface area contributed by atoms with Crippen LogP contribution >= 0.6 is 34.2 Å². The fourth-order valence-electron chi connectivity index (χ4n) is 2.60. The minimum Gasteiger partial charge on any atom is -0.444 e. The average Bonchev–Trinajstić information content (AvgIpc) is 2.54. The van der Waals surface area contributed by atoms with E-state index in [-0.39, 0.29) is 6.09 Å². The van der Waals surface area contributed by atoms with Gasteiger partial charge < -0.3 is 14.5 Å². The van der Waals surface area contributed by atoms with E-state index in [1.807, 2.05) is 32.9 Å². The minimum absolute atomic E-state index is 0.266. The van der Waals surface area contributed by atoms with Crippen LogP contribution in [0.25, 0.3) is 11.0 Å². The molecule has 2 heterocycles. The molecule has 1 fully saturated rings. The Morgan fingerprint density at radius 2 is 1.88 bits per heavy atom. The molecule has 1 aromatic carbocycles. The van der Waals surface area contributed by atoms with Crippen molar-refractivity contribution in [3.05, 3.63) is 26.9 Å². The summed E-state index contributed by atoms with van der Waals surface area (Å²) < 4.78 is 6.38. The summed E-state index contributed by atoms with van der Waals surface area (Å²) in [6.45, 7) is 8.20. The van der Waals surface area contributed by atoms with E-state index >= 15 is 0 Å². The molecule has 0 N–H and O–H groups in total. The third-order valence-corrected chi connectivity index (χ3v) is 5.35. The van der Waals surface area contributed by atoms with E-state index in [4.69, 9.17) is 16.3 Å². The van der Waals surface area contributed by atoms with Crippen LogP contribution in [0.4, 0.5) is 10.6 Å². The summed E-state index contributed by atoms with van der Waals surface area (Å²) in [6, 6.07) is 3.77. The lowest BCUT2D eigenvalue weighted by Crippen LogP contribution is -2.50. The predicted octanol–water partition coefficient (Wildman–Crippen LogP) is 3.94. The van der Waals surface area contributed by atoms with Gasteiger partial charge in [-0.3, -0.25) is 4.98 Å². The highest BCUT2D eigenvalue weighted by molar-refractivity contribution is 14.1. The number of ether oxygens (including phenoxy) is 1. The van der Waals surface area contributed by atoms with Gasteiger partial charge in [0, 0.05) is 29.7 Å². The Balaban J connectivity index is 1.69. The summed E-state index contributed by atoms with van der Waals surface area (Å²) in [6.07, 6.45) is 1.51. The average molecular weight is 475 g/mol. The van der Waals surface area contributed by atoms with Gasteiger partial charge in [0.1, 0.15) is 11.4 Å². The molecule has 8 heteroatoms. The molecule has 0 saturated carbocycles. The van der Waals surface area contributed by atoms with Gasteiger partial charge in [0.25, 0.3) is 0 Å². The van der Waals surface area contributed by atoms with Gasteiger partial charge in [0.15, 0.2) is 0 Å². The zero-order chi connectivity index (χ0) is 18.2. The van der Waals surface area contributed by atoms with Gasteiger partial charge in [0.2, 0.25) is 0 Å². The van der Waals surface area contributed by atoms with Crippen LogP contribution in [0.5, 0.6) is 0 Å². The van der Waals surface area contributed by atoms with Gasteiger partial charge >= 0.3 is 6.09 Å². The van der Waals surface area contributed by atoms with Gasteiger partial charge in [-0.2, -0.15) is 0 Å². The fraction of sp³-hybridized carbons (Fsp3) is 0.471. The van der Waals surface area contributed by atoms with Crippen LogP contribution in [0, 0.1) is 3.57 Å². The molecule has 25 heavy (non-hydrogen) atoms. The number of halogens is 2. The first-order chi connectivity index (χ1) is 11.7. The Morgan fingerprint density at radius 1 is 1.20 bits per heavy atom. The number of piperazine rings is 1. The maximum Gasteiger partial charge on any atom is 0.410 e. The Labute approximate surface area is 165 Å². The number of carbonyl (C=O) groups excluding carboxylic acids is 1. The number of benzene rings is 1. The van der Waals surface area contributed by atoms with E-state index < -0.39 is 5.60 Å². The summed E-state index contributed by atoms with van der Waals surface area (Å²) in [5.74, 6) is 0.800. The van der Waals surface area contributed by atoms with Crippen LogP contribution in [-0.2, 0) is 4.74 Å². The second-order valence-electron chi connectivity index (χ2n) is 6.94. The maximum atomic E-state index is 12.1. The van der Waals surface area contributed by atoms with Crippen LogP contribution < -0.4 is 4.90 Å². The van der Waals surface area contributed by atoms with Gasteiger partial charge in [-0.25, -0.2) is 9.78 Å². The van der Waals surface area contributed by atoms with Crippen molar-refractivity contribution in [2.75, 3.05) is 31.1 Å². The summed E-state index contributed by atoms with van der Waals surface area (Å²) in [4.78, 5) is 25.2. The lowest BCUT2D eigenvalue weighted by molar-refractivity contribution is 0.0240. The monoisotopic (exact) mass is 474 g/mol. The fourth-order valence-corrected chi connectivity index (χ4v) is 3.20. The Morgan fingerprint density at radius 3 is 2.52 bits per heavy atom. The largest absolute Gasteiger partial charge is 0.444 e. The molecular weight excluding hydrogens is 455 g/mol. The van der Waals surface area contributed by atoms with Crippen LogP contribution in [0.2, 0.25) is 5.02 Å². The minimum atomic E-state index is -0.477. The van der Waals surface area contributed by atoms with E-state index in [1.54, 1.807) is 11.1 Å². The van der Waals surface area contributed by atoms with E-state index in [0.29, 0.717) is 31.2 Å². The van der Waals surface area contributed by atoms with E-state index in [1.165, 1.54) is 0 Å². The van der Waals surface area contributed by atoms with Crippen molar-refractivity contribution in [3.63, 3.8) is 0 Å². The first-order valence-corrected chi connectivity index (χ1v) is 9.53. The van der Waals surface area contributed by atoms with Crippen molar-refractivity contribution in [3.8, 4) is 0 Å². The number of aromatic nitrogens is 2. The quantitative estimate of drug-likeness (QED) is 0.586. The number of fused-ring (bicyclic) bond motifs is 1. The molecule has 2 aromatic rings. The van der Waals surface area contributed by atoms with Crippen LogP contribution in [0.15, 0.2) is 18.3 Å². The van der Waals surface area contributed by atoms with Crippen molar-refractivity contribution in [2.24, 2.45) is 0 Å². The molecule has 0 radical (unpaired) electrons. The molecule has 134 valence electrons. The van der Waals surface area contributed by atoms with E-state index in [2.05, 4.69) is 37.5 Å². The van der Waals surface area contributed by atoms with E-state index in [0.717, 1.165) is 20.4 Å². The summed E-state index contributed by atoms with van der Waals surface area (Å²) in [5, 5.41) is 0.675. The maximum absolute atomic E-state index is 12.1. The molecule has 1 aromatic heterocycles. The highest BCUT2D eigenvalue weighted by Crippen LogP contribution is 2.25. The van der Waals surface area contributed by atoms with Crippen molar-refractivity contribution in [1.29, 1.82) is 0 Å². The highest BCUT2D eigenvalue weighted by atomic mass is 127. The smallest absolute Gasteiger partial charge is 0.410 e. The molecule has 0 aliphatic carbocycles. The predicted molar refractivity (Wildman–Crippen MR) is 107 cm³/mol. The van der Waals surface area contributed by atoms with Crippen molar-refractivity contribution >= 4 is 57.1 Å². The van der Waals surface area contributed by atoms with Crippen LogP contribution in [-0.4, -0.2) is 52.7 Å². The standard InChI is InChI=1S/C17H20ClIN4O2/c1-17(2,3)25-16(24)23-6-4-22(5-7-23)15-10-20-13-9-12(19)11(18)8-14(13)21-15/h8-10H,4-7H2,1-3H3. The van der Waals surface area contributed by atoms with Crippen molar-refractivity contribution in [2.45, 2.75) is 26.4 Å². The number of carbonyl (C=O) groups is 1. The molecule has 6 nitrogen and oxygen atoms in total. The second kappa shape index (κ2) is 7.11. The Kier molecular flexibility index (Phi) is 5.24. The third kappa shape index (κ3) is 4.44. The molecule has 1 amide bonds. The van der Waals surface area contributed by atoms with E-state index in [9.17, 15) is 4.79 Å². The molecule has 1 saturated heterocycles. The molecule has 0 bridgehead atoms. The van der Waals surface area contributed by atoms with Crippen LogP contribution in [0.1, 0.15) is 20.8 Å². The Hall–Kier alpha value is -1.35. The highest BCUT2D eigenvalue weighted by Gasteiger charge is 2.26. The van der Waals surface area contributed by atoms with Crippen LogP contribution in [0.3, 0.4) is 0 Å². The molecule has 1 aliphatic heterocycles. The molecule has 1 aliphatic rings. The topological polar surface area (TPSA) is 58.6 Å². The van der Waals surface area contributed by atoms with Gasteiger partial charge in [-0.05, 0) is 55.5 Å². The van der Waals surface area contributed by atoms with Gasteiger partial charge in [-0.1, -0.05) is 11.6 Å². The van der Waals surface area contributed by atoms with Gasteiger partial charge in [0.05, 0.1) is 22.3 Å². The van der Waals surface area contributed by atoms with Crippen molar-refractivity contribution in [1.82, 2.24) is 14.9 Å². The number of hydrogen-bond donors (Lipinski definition) is 0. The SMILES string of the molecule is CC(C)(C)OC(=O)N1CCN(c2cnc3cc(I)c(Cl)cc3n2)CC1. The second-order valence-corrected chi connectivity index (χ2v) is 8.51. The zero-order valence-electron chi connectivity index (χ0n) is 14.4. The molecular formula is C17H20ClIN4O2. The first-order valence-electron chi connectivity index (χ1n) is 8.07. The lowest BCUT2D eigenvalue weighted by Gasteiger charge is -2.36. The molecule has 0 atom stereocenters. The molecule has 3 rings (SSSR count). The molecule has 0 unspecified atom stereocenters. The Bertz CT molecular complexity index is 801. The summed E-state index contributed by atoms with van der Waals surface area (Å²) in [7, 11) is 0.